The molecule has 0 saturated carbocycles. The van der Waals surface area contributed by atoms with E-state index in [1.165, 1.54) is 7.11 Å². The van der Waals surface area contributed by atoms with Gasteiger partial charge >= 0.3 is 0 Å². The van der Waals surface area contributed by atoms with Crippen LogP contribution >= 0.6 is 0 Å². The summed E-state index contributed by atoms with van der Waals surface area (Å²) in [5.74, 6) is 1.39. The standard InChI is InChI=1S/C28H29NO4/c1-3-4-17-29-25-18-23(32-19-21-11-7-5-8-12-21)15-16-24(25)26(27(31-2)28(29)30)33-20-22-13-9-6-10-14-22/h5-16,18H,3-4,17,19-20H2,1-2H3. The molecule has 0 fully saturated rings. The van der Waals surface area contributed by atoms with Crippen LogP contribution in [0.15, 0.2) is 83.7 Å². The molecule has 0 aliphatic carbocycles. The van der Waals surface area contributed by atoms with Crippen molar-refractivity contribution in [2.24, 2.45) is 0 Å². The number of benzene rings is 3. The number of hydrogen-bond donors (Lipinski definition) is 0. The highest BCUT2D eigenvalue weighted by molar-refractivity contribution is 5.89. The van der Waals surface area contributed by atoms with Gasteiger partial charge in [0, 0.05) is 18.0 Å². The number of unbranched alkanes of at least 4 members (excludes halogenated alkanes) is 1. The second-order valence-electron chi connectivity index (χ2n) is 7.90. The third kappa shape index (κ3) is 5.20. The number of nitrogens with zero attached hydrogens (tertiary/aromatic N) is 1. The van der Waals surface area contributed by atoms with Crippen LogP contribution in [0.3, 0.4) is 0 Å². The molecule has 0 aliphatic heterocycles. The lowest BCUT2D eigenvalue weighted by molar-refractivity contribution is 0.284. The number of aryl methyl sites for hydroxylation is 1. The van der Waals surface area contributed by atoms with Crippen LogP contribution in [0, 0.1) is 0 Å². The van der Waals surface area contributed by atoms with E-state index in [0.717, 1.165) is 34.9 Å². The minimum absolute atomic E-state index is 0.193. The van der Waals surface area contributed by atoms with Crippen molar-refractivity contribution in [3.05, 3.63) is 100 Å². The van der Waals surface area contributed by atoms with Crippen molar-refractivity contribution in [1.82, 2.24) is 4.57 Å². The Hall–Kier alpha value is -3.73. The second kappa shape index (κ2) is 10.7. The van der Waals surface area contributed by atoms with E-state index in [9.17, 15) is 4.79 Å². The van der Waals surface area contributed by atoms with Crippen molar-refractivity contribution in [2.75, 3.05) is 7.11 Å². The fraction of sp³-hybridized carbons (Fsp3) is 0.250. The van der Waals surface area contributed by atoms with Gasteiger partial charge in [-0.3, -0.25) is 4.79 Å². The predicted octanol–water partition coefficient (Wildman–Crippen LogP) is 5.97. The zero-order valence-corrected chi connectivity index (χ0v) is 19.1. The molecule has 0 bridgehead atoms. The van der Waals surface area contributed by atoms with Crippen LogP contribution in [-0.4, -0.2) is 11.7 Å². The van der Waals surface area contributed by atoms with Crippen LogP contribution in [0.2, 0.25) is 0 Å². The topological polar surface area (TPSA) is 49.7 Å². The highest BCUT2D eigenvalue weighted by atomic mass is 16.5. The molecule has 170 valence electrons. The van der Waals surface area contributed by atoms with Gasteiger partial charge < -0.3 is 18.8 Å². The molecule has 1 heterocycles. The summed E-state index contributed by atoms with van der Waals surface area (Å²) in [7, 11) is 1.51. The summed E-state index contributed by atoms with van der Waals surface area (Å²) in [5.41, 5.74) is 2.69. The fourth-order valence-electron chi connectivity index (χ4n) is 3.80. The van der Waals surface area contributed by atoms with Gasteiger partial charge in [-0.15, -0.1) is 0 Å². The quantitative estimate of drug-likeness (QED) is 0.303. The summed E-state index contributed by atoms with van der Waals surface area (Å²) in [6.07, 6.45) is 1.87. The number of ether oxygens (including phenoxy) is 3. The minimum Gasteiger partial charge on any atom is -0.489 e. The molecule has 0 spiro atoms. The van der Waals surface area contributed by atoms with Crippen molar-refractivity contribution in [3.8, 4) is 17.2 Å². The lowest BCUT2D eigenvalue weighted by Gasteiger charge is -2.18. The van der Waals surface area contributed by atoms with Gasteiger partial charge in [0.1, 0.15) is 19.0 Å². The summed E-state index contributed by atoms with van der Waals surface area (Å²) in [6.45, 7) is 3.51. The molecule has 33 heavy (non-hydrogen) atoms. The molecule has 5 heteroatoms. The monoisotopic (exact) mass is 443 g/mol. The molecule has 0 aliphatic rings. The maximum Gasteiger partial charge on any atom is 0.297 e. The van der Waals surface area contributed by atoms with Gasteiger partial charge in [-0.05, 0) is 29.7 Å². The maximum absolute atomic E-state index is 13.4. The Bertz CT molecular complexity index is 1250. The summed E-state index contributed by atoms with van der Waals surface area (Å²) in [6, 6.07) is 25.7. The smallest absolute Gasteiger partial charge is 0.297 e. The van der Waals surface area contributed by atoms with Gasteiger partial charge in [0.2, 0.25) is 5.75 Å². The molecular weight excluding hydrogens is 414 g/mol. The number of rotatable bonds is 10. The maximum atomic E-state index is 13.4. The lowest BCUT2D eigenvalue weighted by Crippen LogP contribution is -2.23. The Balaban J connectivity index is 1.74. The molecule has 0 radical (unpaired) electrons. The van der Waals surface area contributed by atoms with E-state index in [1.54, 1.807) is 4.57 Å². The largest absolute Gasteiger partial charge is 0.489 e. The molecule has 0 amide bonds. The molecule has 4 rings (SSSR count). The number of fused-ring (bicyclic) bond motifs is 1. The third-order valence-electron chi connectivity index (χ3n) is 5.56. The number of pyridine rings is 1. The Morgan fingerprint density at radius 1 is 0.788 bits per heavy atom. The zero-order valence-electron chi connectivity index (χ0n) is 19.1. The molecular formula is C28H29NO4. The summed E-state index contributed by atoms with van der Waals surface area (Å²) in [5, 5.41) is 0.825. The van der Waals surface area contributed by atoms with Gasteiger partial charge in [-0.2, -0.15) is 0 Å². The molecule has 3 aromatic carbocycles. The van der Waals surface area contributed by atoms with E-state index in [0.29, 0.717) is 31.3 Å². The third-order valence-corrected chi connectivity index (χ3v) is 5.56. The van der Waals surface area contributed by atoms with Crippen LogP contribution in [0.1, 0.15) is 30.9 Å². The summed E-state index contributed by atoms with van der Waals surface area (Å²) < 4.78 is 19.5. The van der Waals surface area contributed by atoms with Crippen LogP contribution in [0.25, 0.3) is 10.9 Å². The second-order valence-corrected chi connectivity index (χ2v) is 7.90. The van der Waals surface area contributed by atoms with E-state index in [-0.39, 0.29) is 11.3 Å². The van der Waals surface area contributed by atoms with Crippen molar-refractivity contribution >= 4 is 10.9 Å². The van der Waals surface area contributed by atoms with Gasteiger partial charge in [-0.1, -0.05) is 74.0 Å². The highest BCUT2D eigenvalue weighted by Gasteiger charge is 2.19. The first-order chi connectivity index (χ1) is 16.2. The molecule has 4 aromatic rings. The Kier molecular flexibility index (Phi) is 7.30. The van der Waals surface area contributed by atoms with Crippen molar-refractivity contribution in [2.45, 2.75) is 39.5 Å². The molecule has 0 N–H and O–H groups in total. The minimum atomic E-state index is -0.193. The van der Waals surface area contributed by atoms with Gasteiger partial charge in [0.05, 0.1) is 12.6 Å². The van der Waals surface area contributed by atoms with Crippen molar-refractivity contribution < 1.29 is 14.2 Å². The first-order valence-corrected chi connectivity index (χ1v) is 11.3. The SMILES string of the molecule is CCCCn1c(=O)c(OC)c(OCc2ccccc2)c2ccc(OCc3ccccc3)cc21. The Labute approximate surface area is 194 Å². The average molecular weight is 444 g/mol. The van der Waals surface area contributed by atoms with Gasteiger partial charge in [0.25, 0.3) is 5.56 Å². The van der Waals surface area contributed by atoms with E-state index < -0.39 is 0 Å². The van der Waals surface area contributed by atoms with Crippen LogP contribution in [0.4, 0.5) is 0 Å². The first-order valence-electron chi connectivity index (χ1n) is 11.3. The number of hydrogen-bond acceptors (Lipinski definition) is 4. The van der Waals surface area contributed by atoms with E-state index >= 15 is 0 Å². The zero-order chi connectivity index (χ0) is 23.0. The summed E-state index contributed by atoms with van der Waals surface area (Å²) >= 11 is 0. The highest BCUT2D eigenvalue weighted by Crippen LogP contribution is 2.35. The van der Waals surface area contributed by atoms with Crippen LogP contribution in [0.5, 0.6) is 17.2 Å². The van der Waals surface area contributed by atoms with Gasteiger partial charge in [0.15, 0.2) is 5.75 Å². The molecule has 0 saturated heterocycles. The molecule has 1 aromatic heterocycles. The number of aromatic nitrogens is 1. The van der Waals surface area contributed by atoms with Crippen LogP contribution in [-0.2, 0) is 19.8 Å². The Morgan fingerprint density at radius 2 is 1.42 bits per heavy atom. The molecule has 0 unspecified atom stereocenters. The predicted molar refractivity (Wildman–Crippen MR) is 131 cm³/mol. The van der Waals surface area contributed by atoms with E-state index in [2.05, 4.69) is 6.92 Å². The van der Waals surface area contributed by atoms with Crippen LogP contribution < -0.4 is 19.8 Å². The van der Waals surface area contributed by atoms with Crippen molar-refractivity contribution in [1.29, 1.82) is 0 Å². The first kappa shape index (κ1) is 22.5. The summed E-state index contributed by atoms with van der Waals surface area (Å²) in [4.78, 5) is 13.4. The molecule has 0 atom stereocenters. The Morgan fingerprint density at radius 3 is 2.03 bits per heavy atom. The van der Waals surface area contributed by atoms with Gasteiger partial charge in [-0.25, -0.2) is 0 Å². The van der Waals surface area contributed by atoms with Crippen molar-refractivity contribution in [3.63, 3.8) is 0 Å². The van der Waals surface area contributed by atoms with E-state index in [1.807, 2.05) is 78.9 Å². The normalized spacial score (nSPS) is 10.8. The molecule has 5 nitrogen and oxygen atoms in total. The van der Waals surface area contributed by atoms with E-state index in [4.69, 9.17) is 14.2 Å². The fourth-order valence-corrected chi connectivity index (χ4v) is 3.80. The lowest BCUT2D eigenvalue weighted by atomic mass is 10.1. The average Bonchev–Trinajstić information content (AvgIpc) is 2.86. The number of methoxy groups -OCH3 is 1.